The molecule has 21 heavy (non-hydrogen) atoms. The van der Waals surface area contributed by atoms with Crippen LogP contribution in [0.2, 0.25) is 5.02 Å². The molecule has 0 aliphatic carbocycles. The molecule has 0 unspecified atom stereocenters. The Morgan fingerprint density at radius 1 is 1.38 bits per heavy atom. The average molecular weight is 332 g/mol. The predicted molar refractivity (Wildman–Crippen MR) is 82.2 cm³/mol. The molecule has 0 saturated heterocycles. The van der Waals surface area contributed by atoms with Gasteiger partial charge in [0.1, 0.15) is 18.2 Å². The zero-order valence-corrected chi connectivity index (χ0v) is 13.4. The summed E-state index contributed by atoms with van der Waals surface area (Å²) in [4.78, 5) is 18.2. The molecule has 0 N–H and O–H groups in total. The molecule has 1 amide bonds. The Labute approximate surface area is 132 Å². The molecule has 0 fully saturated rings. The van der Waals surface area contributed by atoms with Crippen LogP contribution in [0.4, 0.5) is 4.39 Å². The maximum Gasteiger partial charge on any atom is 0.242 e. The highest BCUT2D eigenvalue weighted by Gasteiger charge is 2.17. The van der Waals surface area contributed by atoms with Gasteiger partial charge in [-0.3, -0.25) is 4.79 Å². The molecule has 0 spiro atoms. The van der Waals surface area contributed by atoms with Crippen LogP contribution in [-0.4, -0.2) is 33.4 Å². The van der Waals surface area contributed by atoms with Crippen molar-refractivity contribution < 1.29 is 9.18 Å². The molecule has 1 heterocycles. The first-order chi connectivity index (χ1) is 10.0. The summed E-state index contributed by atoms with van der Waals surface area (Å²) < 4.78 is 15.2. The topological polar surface area (TPSA) is 38.1 Å². The second-order valence-electron chi connectivity index (χ2n) is 4.57. The molecule has 2 rings (SSSR count). The minimum atomic E-state index is -0.537. The van der Waals surface area contributed by atoms with Crippen molar-refractivity contribution in [2.24, 2.45) is 0 Å². The fourth-order valence-corrected chi connectivity index (χ4v) is 2.62. The lowest BCUT2D eigenvalue weighted by Crippen LogP contribution is -2.33. The molecule has 1 aromatic carbocycles. The summed E-state index contributed by atoms with van der Waals surface area (Å²) in [5.41, 5.74) is 1.05. The van der Waals surface area contributed by atoms with E-state index in [2.05, 4.69) is 4.98 Å². The minimum Gasteiger partial charge on any atom is -0.342 e. The number of alkyl halides is 1. The van der Waals surface area contributed by atoms with Gasteiger partial charge in [0.2, 0.25) is 5.91 Å². The number of likely N-dealkylation sites (N-methyl/N-ethyl adjacent to an activating group) is 1. The fraction of sp³-hybridized carbons (Fsp3) is 0.429. The summed E-state index contributed by atoms with van der Waals surface area (Å²) >= 11 is 11.7. The first kappa shape index (κ1) is 16.0. The number of carbonyl (C=O) groups excluding carboxylic acids is 1. The molecule has 4 nitrogen and oxygen atoms in total. The van der Waals surface area contributed by atoms with Crippen molar-refractivity contribution in [3.63, 3.8) is 0 Å². The third-order valence-corrected chi connectivity index (χ3v) is 3.93. The van der Waals surface area contributed by atoms with Gasteiger partial charge in [0.15, 0.2) is 0 Å². The number of hydrogen-bond donors (Lipinski definition) is 0. The summed E-state index contributed by atoms with van der Waals surface area (Å²) in [7, 11) is 0. The van der Waals surface area contributed by atoms with Crippen LogP contribution in [0.1, 0.15) is 19.7 Å². The maximum atomic E-state index is 13.5. The van der Waals surface area contributed by atoms with E-state index < -0.39 is 5.82 Å². The number of halogens is 3. The van der Waals surface area contributed by atoms with Gasteiger partial charge in [0.05, 0.1) is 21.9 Å². The molecule has 0 radical (unpaired) electrons. The largest absolute Gasteiger partial charge is 0.342 e. The molecule has 0 atom stereocenters. The van der Waals surface area contributed by atoms with Crippen molar-refractivity contribution in [3.05, 3.63) is 28.8 Å². The number of carbonyl (C=O) groups is 1. The van der Waals surface area contributed by atoms with E-state index in [1.165, 1.54) is 12.1 Å². The van der Waals surface area contributed by atoms with Crippen LogP contribution in [0, 0.1) is 5.82 Å². The van der Waals surface area contributed by atoms with Crippen LogP contribution in [0.3, 0.4) is 0 Å². The summed E-state index contributed by atoms with van der Waals surface area (Å²) in [5.74, 6) is 0.0874. The Bertz CT molecular complexity index is 668. The number of rotatable bonds is 5. The third-order valence-electron chi connectivity index (χ3n) is 3.40. The van der Waals surface area contributed by atoms with E-state index in [1.54, 1.807) is 9.47 Å². The van der Waals surface area contributed by atoms with Gasteiger partial charge in [-0.25, -0.2) is 9.37 Å². The van der Waals surface area contributed by atoms with Gasteiger partial charge in [0.25, 0.3) is 0 Å². The molecule has 0 aliphatic heterocycles. The predicted octanol–water partition coefficient (Wildman–Crippen LogP) is 3.44. The molecule has 0 saturated carbocycles. The van der Waals surface area contributed by atoms with Crippen LogP contribution >= 0.6 is 23.2 Å². The van der Waals surface area contributed by atoms with Gasteiger partial charge in [-0.2, -0.15) is 0 Å². The van der Waals surface area contributed by atoms with Gasteiger partial charge in [-0.05, 0) is 19.9 Å². The molecule has 114 valence electrons. The zero-order chi connectivity index (χ0) is 15.6. The van der Waals surface area contributed by atoms with E-state index >= 15 is 0 Å². The second-order valence-corrected chi connectivity index (χ2v) is 5.24. The third kappa shape index (κ3) is 3.14. The van der Waals surface area contributed by atoms with E-state index in [-0.39, 0.29) is 23.4 Å². The maximum absolute atomic E-state index is 13.5. The standard InChI is InChI=1S/C14H16Cl2FN3O/c1-3-19(4-2)14(21)8-20-12-5-9(16)10(17)6-11(12)18-13(20)7-15/h5-6H,3-4,7-8H2,1-2H3. The van der Waals surface area contributed by atoms with Crippen LogP contribution < -0.4 is 0 Å². The van der Waals surface area contributed by atoms with Crippen LogP contribution in [0.5, 0.6) is 0 Å². The zero-order valence-electron chi connectivity index (χ0n) is 11.9. The average Bonchev–Trinajstić information content (AvgIpc) is 2.78. The lowest BCUT2D eigenvalue weighted by atomic mass is 10.3. The molecular weight excluding hydrogens is 316 g/mol. The first-order valence-electron chi connectivity index (χ1n) is 6.69. The molecular formula is C14H16Cl2FN3O. The number of imidazole rings is 1. The number of fused-ring (bicyclic) bond motifs is 1. The summed E-state index contributed by atoms with van der Waals surface area (Å²) in [5, 5.41) is 0.0000561. The van der Waals surface area contributed by atoms with Gasteiger partial charge < -0.3 is 9.47 Å². The Morgan fingerprint density at radius 2 is 2.05 bits per heavy atom. The van der Waals surface area contributed by atoms with E-state index in [1.807, 2.05) is 13.8 Å². The number of amides is 1. The second kappa shape index (κ2) is 6.62. The van der Waals surface area contributed by atoms with E-state index in [0.717, 1.165) is 0 Å². The highest BCUT2D eigenvalue weighted by molar-refractivity contribution is 6.31. The van der Waals surface area contributed by atoms with Crippen molar-refractivity contribution in [1.82, 2.24) is 14.5 Å². The monoisotopic (exact) mass is 331 g/mol. The molecule has 0 bridgehead atoms. The minimum absolute atomic E-state index is 0.0000561. The van der Waals surface area contributed by atoms with Crippen LogP contribution in [0.25, 0.3) is 11.0 Å². The number of nitrogens with zero attached hydrogens (tertiary/aromatic N) is 3. The summed E-state index contributed by atoms with van der Waals surface area (Å²) in [6.45, 7) is 5.22. The quantitative estimate of drug-likeness (QED) is 0.787. The van der Waals surface area contributed by atoms with Gasteiger partial charge in [0, 0.05) is 19.2 Å². The Balaban J connectivity index is 2.46. The van der Waals surface area contributed by atoms with E-state index in [0.29, 0.717) is 29.9 Å². The summed E-state index contributed by atoms with van der Waals surface area (Å²) in [6.07, 6.45) is 0. The number of aromatic nitrogens is 2. The smallest absolute Gasteiger partial charge is 0.242 e. The molecule has 0 aliphatic rings. The van der Waals surface area contributed by atoms with Crippen molar-refractivity contribution in [2.75, 3.05) is 13.1 Å². The molecule has 7 heteroatoms. The Hall–Kier alpha value is -1.33. The Kier molecular flexibility index (Phi) is 5.06. The van der Waals surface area contributed by atoms with Crippen molar-refractivity contribution in [1.29, 1.82) is 0 Å². The van der Waals surface area contributed by atoms with Crippen LogP contribution in [-0.2, 0) is 17.2 Å². The Morgan fingerprint density at radius 3 is 2.62 bits per heavy atom. The number of benzene rings is 1. The van der Waals surface area contributed by atoms with E-state index in [4.69, 9.17) is 23.2 Å². The van der Waals surface area contributed by atoms with Gasteiger partial charge in [-0.1, -0.05) is 11.6 Å². The lowest BCUT2D eigenvalue weighted by Gasteiger charge is -2.19. The van der Waals surface area contributed by atoms with E-state index in [9.17, 15) is 9.18 Å². The van der Waals surface area contributed by atoms with Crippen molar-refractivity contribution in [2.45, 2.75) is 26.3 Å². The number of hydrogen-bond acceptors (Lipinski definition) is 2. The van der Waals surface area contributed by atoms with Crippen LogP contribution in [0.15, 0.2) is 12.1 Å². The fourth-order valence-electron chi connectivity index (χ4n) is 2.26. The highest BCUT2D eigenvalue weighted by Crippen LogP contribution is 2.24. The SMILES string of the molecule is CCN(CC)C(=O)Cn1c(CCl)nc2cc(F)c(Cl)cc21. The molecule has 1 aromatic heterocycles. The lowest BCUT2D eigenvalue weighted by molar-refractivity contribution is -0.131. The normalized spacial score (nSPS) is 11.1. The van der Waals surface area contributed by atoms with Crippen molar-refractivity contribution in [3.8, 4) is 0 Å². The van der Waals surface area contributed by atoms with Crippen molar-refractivity contribution >= 4 is 40.1 Å². The van der Waals surface area contributed by atoms with Gasteiger partial charge in [-0.15, -0.1) is 11.6 Å². The summed E-state index contributed by atoms with van der Waals surface area (Å²) in [6, 6.07) is 2.73. The molecule has 2 aromatic rings. The first-order valence-corrected chi connectivity index (χ1v) is 7.60. The highest BCUT2D eigenvalue weighted by atomic mass is 35.5. The van der Waals surface area contributed by atoms with Gasteiger partial charge >= 0.3 is 0 Å².